The molecule has 3 aliphatic rings. The van der Waals surface area contributed by atoms with Crippen molar-refractivity contribution in [1.82, 2.24) is 40.1 Å². The Morgan fingerprint density at radius 3 is 2.58 bits per heavy atom. The van der Waals surface area contributed by atoms with Crippen LogP contribution < -0.4 is 20.3 Å². The second-order valence-corrected chi connectivity index (χ2v) is 19.9. The van der Waals surface area contributed by atoms with Crippen LogP contribution in [0.15, 0.2) is 95.5 Å². The van der Waals surface area contributed by atoms with Crippen LogP contribution in [0.1, 0.15) is 93.5 Å². The summed E-state index contributed by atoms with van der Waals surface area (Å²) in [6, 6.07) is 28.7. The second-order valence-electron chi connectivity index (χ2n) is 18.9. The third-order valence-corrected chi connectivity index (χ3v) is 15.1. The van der Waals surface area contributed by atoms with Crippen LogP contribution >= 0.6 is 11.3 Å². The number of aromatic carboxylic acids is 1. The minimum absolute atomic E-state index is 0.0337. The molecule has 366 valence electrons. The molecule has 0 bridgehead atoms. The number of nitrogens with one attached hydrogen (secondary N) is 2. The molecule has 8 aromatic rings. The Kier molecular flexibility index (Phi) is 12.8. The van der Waals surface area contributed by atoms with Crippen molar-refractivity contribution in [2.24, 2.45) is 13.0 Å². The maximum Gasteiger partial charge on any atom is 0.355 e. The Morgan fingerprint density at radius 1 is 0.917 bits per heavy atom. The summed E-state index contributed by atoms with van der Waals surface area (Å²) in [6.07, 6.45) is 5.52. The Hall–Kier alpha value is -7.83. The van der Waals surface area contributed by atoms with Gasteiger partial charge in [-0.15, -0.1) is 0 Å². The van der Waals surface area contributed by atoms with Gasteiger partial charge >= 0.3 is 5.97 Å². The van der Waals surface area contributed by atoms with Crippen molar-refractivity contribution in [3.63, 3.8) is 0 Å². The summed E-state index contributed by atoms with van der Waals surface area (Å²) in [5, 5.41) is 26.2. The van der Waals surface area contributed by atoms with E-state index in [0.29, 0.717) is 84.5 Å². The lowest BCUT2D eigenvalue weighted by Crippen LogP contribution is -2.39. The third-order valence-electron chi connectivity index (χ3n) is 14.2. The van der Waals surface area contributed by atoms with E-state index >= 15 is 0 Å². The number of carboxylic acid groups (broad SMARTS) is 1. The van der Waals surface area contributed by atoms with Gasteiger partial charge in [0.15, 0.2) is 16.6 Å². The van der Waals surface area contributed by atoms with Crippen molar-refractivity contribution >= 4 is 67.1 Å². The van der Waals surface area contributed by atoms with Gasteiger partial charge in [0, 0.05) is 48.6 Å². The maximum absolute atomic E-state index is 13.6. The number of aromatic nitrogens is 6. The monoisotopic (exact) mass is 984 g/mol. The molecule has 17 nitrogen and oxygen atoms in total. The predicted octanol–water partition coefficient (Wildman–Crippen LogP) is 8.71. The van der Waals surface area contributed by atoms with E-state index in [1.54, 1.807) is 4.68 Å². The molecule has 1 unspecified atom stereocenters. The van der Waals surface area contributed by atoms with Gasteiger partial charge in [0.25, 0.3) is 11.8 Å². The molecule has 2 fully saturated rings. The SMILES string of the molecule is Cc1cc(OCCCC2CCN(Cc3noc(-c4ccc5c(C6CCC(=O)NC6=O)nn(C)c5c4)n3)CC2)ccc1-c1ccc(N2CCc3cccc(C(=O)Nc4nc5ccccc5s4)c3C2)nc1C(=O)O. The van der Waals surface area contributed by atoms with Crippen molar-refractivity contribution in [2.45, 2.75) is 70.9 Å². The number of anilines is 2. The highest BCUT2D eigenvalue weighted by atomic mass is 32.1. The highest BCUT2D eigenvalue weighted by Crippen LogP contribution is 2.36. The molecule has 18 heteroatoms. The van der Waals surface area contributed by atoms with E-state index in [-0.39, 0.29) is 29.8 Å². The van der Waals surface area contributed by atoms with Crippen molar-refractivity contribution in [3.05, 3.63) is 130 Å². The van der Waals surface area contributed by atoms with E-state index in [9.17, 15) is 24.3 Å². The van der Waals surface area contributed by atoms with E-state index in [1.807, 2.05) is 110 Å². The Bertz CT molecular complexity index is 3380. The number of carbonyl (C=O) groups is 4. The van der Waals surface area contributed by atoms with Gasteiger partial charge in [0.2, 0.25) is 11.8 Å². The molecule has 3 aliphatic heterocycles. The fraction of sp³-hybridized carbons (Fsp3) is 0.315. The number of rotatable bonds is 14. The molecule has 7 heterocycles. The lowest BCUT2D eigenvalue weighted by atomic mass is 9.92. The Balaban J connectivity index is 0.657. The molecule has 2 saturated heterocycles. The zero-order valence-corrected chi connectivity index (χ0v) is 40.7. The number of aryl methyl sites for hydroxylation is 2. The highest BCUT2D eigenvalue weighted by molar-refractivity contribution is 7.22. The molecule has 1 atom stereocenters. The molecule has 0 saturated carbocycles. The average molecular weight is 985 g/mol. The molecule has 72 heavy (non-hydrogen) atoms. The first-order chi connectivity index (χ1) is 35.0. The lowest BCUT2D eigenvalue weighted by molar-refractivity contribution is -0.134. The highest BCUT2D eigenvalue weighted by Gasteiger charge is 2.32. The van der Waals surface area contributed by atoms with Crippen LogP contribution in [0, 0.1) is 12.8 Å². The van der Waals surface area contributed by atoms with Crippen molar-refractivity contribution in [2.75, 3.05) is 36.5 Å². The number of carboxylic acids is 1. The number of thiazole rings is 1. The molecule has 3 amide bonds. The smallest absolute Gasteiger partial charge is 0.355 e. The quantitative estimate of drug-likeness (QED) is 0.0688. The summed E-state index contributed by atoms with van der Waals surface area (Å²) in [7, 11) is 1.83. The fourth-order valence-corrected chi connectivity index (χ4v) is 11.2. The maximum atomic E-state index is 13.6. The van der Waals surface area contributed by atoms with Crippen LogP contribution in [-0.4, -0.2) is 89.8 Å². The summed E-state index contributed by atoms with van der Waals surface area (Å²) in [5.74, 6) is 0.524. The zero-order valence-electron chi connectivity index (χ0n) is 39.9. The number of benzene rings is 4. The first kappa shape index (κ1) is 46.5. The number of piperidine rings is 2. The van der Waals surface area contributed by atoms with Gasteiger partial charge < -0.3 is 19.3 Å². The molecule has 0 radical (unpaired) electrons. The van der Waals surface area contributed by atoms with Gasteiger partial charge in [-0.3, -0.25) is 34.6 Å². The molecule has 0 spiro atoms. The summed E-state index contributed by atoms with van der Waals surface area (Å²) in [5.41, 5.74) is 7.77. The topological polar surface area (TPSA) is 211 Å². The van der Waals surface area contributed by atoms with Gasteiger partial charge in [-0.25, -0.2) is 14.8 Å². The largest absolute Gasteiger partial charge is 0.494 e. The van der Waals surface area contributed by atoms with Gasteiger partial charge in [-0.05, 0) is 141 Å². The molecule has 4 aromatic heterocycles. The van der Waals surface area contributed by atoms with E-state index in [1.165, 1.54) is 11.3 Å². The lowest BCUT2D eigenvalue weighted by Gasteiger charge is -2.31. The molecular weight excluding hydrogens is 933 g/mol. The van der Waals surface area contributed by atoms with Crippen LogP contribution in [0.3, 0.4) is 0 Å². The number of nitrogens with zero attached hydrogens (tertiary/aromatic N) is 8. The van der Waals surface area contributed by atoms with Gasteiger partial charge in [0.05, 0.1) is 40.5 Å². The molecule has 4 aromatic carbocycles. The molecule has 3 N–H and O–H groups in total. The first-order valence-electron chi connectivity index (χ1n) is 24.4. The average Bonchev–Trinajstić information content (AvgIpc) is 4.12. The van der Waals surface area contributed by atoms with Gasteiger partial charge in [-0.1, -0.05) is 52.9 Å². The number of imide groups is 1. The summed E-state index contributed by atoms with van der Waals surface area (Å²) < 4.78 is 14.6. The summed E-state index contributed by atoms with van der Waals surface area (Å²) >= 11 is 1.43. The van der Waals surface area contributed by atoms with Crippen molar-refractivity contribution in [3.8, 4) is 28.3 Å². The van der Waals surface area contributed by atoms with Crippen LogP contribution in [0.25, 0.3) is 43.7 Å². The standard InChI is InChI=1S/C54H52N10O7S/c1-31-27-35(70-26-6-7-32-20-23-63(24-21-32)30-45-56-52(71-61-45)34-12-14-39-43(28-34)62(2)60-48(39)40-17-19-47(65)58-51(40)67)13-15-36(31)37-16-18-46(57-49(37)53(68)69)64-25-22-33-8-5-9-38(41(33)29-64)50(66)59-54-55-42-10-3-4-11-44(42)72-54/h3-5,8-16,18,27-28,32,40H,6-7,17,19-26,29-30H2,1-2H3,(H,68,69)(H,55,59,66)(H,58,65,67). The van der Waals surface area contributed by atoms with Crippen LogP contribution in [0.4, 0.5) is 10.9 Å². The minimum Gasteiger partial charge on any atom is -0.494 e. The third kappa shape index (κ3) is 9.54. The summed E-state index contributed by atoms with van der Waals surface area (Å²) in [6.45, 7) is 6.04. The molecular formula is C54H52N10O7S. The first-order valence-corrected chi connectivity index (χ1v) is 25.2. The predicted molar refractivity (Wildman–Crippen MR) is 272 cm³/mol. The second kappa shape index (κ2) is 19.8. The number of fused-ring (bicyclic) bond motifs is 3. The number of pyridine rings is 1. The number of likely N-dealkylation sites (tertiary alicyclic amines) is 1. The fourth-order valence-electron chi connectivity index (χ4n) is 10.4. The minimum atomic E-state index is -1.12. The van der Waals surface area contributed by atoms with Crippen molar-refractivity contribution in [1.29, 1.82) is 0 Å². The van der Waals surface area contributed by atoms with E-state index in [2.05, 4.69) is 30.8 Å². The normalized spacial score (nSPS) is 16.5. The number of hydrogen-bond donors (Lipinski definition) is 3. The Labute approximate surface area is 418 Å². The number of para-hydroxylation sites is 1. The number of carbonyl (C=O) groups excluding carboxylic acids is 3. The zero-order chi connectivity index (χ0) is 49.5. The van der Waals surface area contributed by atoms with Crippen molar-refractivity contribution < 1.29 is 33.5 Å². The Morgan fingerprint density at radius 2 is 1.76 bits per heavy atom. The van der Waals surface area contributed by atoms with Crippen LogP contribution in [0.5, 0.6) is 5.75 Å². The molecule has 0 aliphatic carbocycles. The van der Waals surface area contributed by atoms with E-state index < -0.39 is 11.9 Å². The number of ether oxygens (including phenoxy) is 1. The van der Waals surface area contributed by atoms with E-state index in [4.69, 9.17) is 19.2 Å². The molecule has 11 rings (SSSR count). The van der Waals surface area contributed by atoms with Crippen LogP contribution in [-0.2, 0) is 36.1 Å². The summed E-state index contributed by atoms with van der Waals surface area (Å²) in [4.78, 5) is 69.0. The van der Waals surface area contributed by atoms with Gasteiger partial charge in [0.1, 0.15) is 11.6 Å². The van der Waals surface area contributed by atoms with Crippen LogP contribution in [0.2, 0.25) is 0 Å². The number of amides is 3. The van der Waals surface area contributed by atoms with Gasteiger partial charge in [-0.2, -0.15) is 10.1 Å². The number of hydrogen-bond acceptors (Lipinski definition) is 14. The van der Waals surface area contributed by atoms with E-state index in [0.717, 1.165) is 93.5 Å².